The molecule has 3 aromatic rings. The predicted octanol–water partition coefficient (Wildman–Crippen LogP) is 2.43. The molecule has 1 unspecified atom stereocenters. The van der Waals surface area contributed by atoms with Gasteiger partial charge in [-0.2, -0.15) is 5.10 Å². The first-order valence-electron chi connectivity index (χ1n) is 12.2. The second-order valence-corrected chi connectivity index (χ2v) is 11.2. The van der Waals surface area contributed by atoms with Crippen LogP contribution in [0.15, 0.2) is 59.5 Å². The highest BCUT2D eigenvalue weighted by Crippen LogP contribution is 2.34. The quantitative estimate of drug-likeness (QED) is 0.542. The number of aliphatic hydroxyl groups excluding tert-OH is 1. The molecular formula is C26H33N5O3S. The first-order chi connectivity index (χ1) is 16.8. The Morgan fingerprint density at radius 1 is 0.914 bits per heavy atom. The maximum Gasteiger partial charge on any atom is 0.268 e. The highest BCUT2D eigenvalue weighted by Gasteiger charge is 2.35. The summed E-state index contributed by atoms with van der Waals surface area (Å²) >= 11 is 0. The Morgan fingerprint density at radius 3 is 2.34 bits per heavy atom. The van der Waals surface area contributed by atoms with Crippen LogP contribution in [0.25, 0.3) is 0 Å². The van der Waals surface area contributed by atoms with E-state index in [1.54, 1.807) is 18.5 Å². The van der Waals surface area contributed by atoms with Gasteiger partial charge >= 0.3 is 0 Å². The van der Waals surface area contributed by atoms with Crippen molar-refractivity contribution in [3.63, 3.8) is 0 Å². The third kappa shape index (κ3) is 4.68. The average molecular weight is 496 g/mol. The van der Waals surface area contributed by atoms with E-state index in [1.165, 1.54) is 9.99 Å². The molecule has 0 radical (unpaired) electrons. The number of benzene rings is 2. The van der Waals surface area contributed by atoms with Crippen molar-refractivity contribution >= 4 is 21.4 Å². The molecule has 0 bridgehead atoms. The molecule has 35 heavy (non-hydrogen) atoms. The third-order valence-electron chi connectivity index (χ3n) is 7.05. The Balaban J connectivity index is 1.24. The summed E-state index contributed by atoms with van der Waals surface area (Å²) in [5.74, 6) is 0. The Morgan fingerprint density at radius 2 is 1.60 bits per heavy atom. The normalized spacial score (nSPS) is 17.6. The Kier molecular flexibility index (Phi) is 6.57. The molecule has 0 saturated carbocycles. The Labute approximate surface area is 207 Å². The second kappa shape index (κ2) is 9.64. The van der Waals surface area contributed by atoms with Crippen LogP contribution >= 0.6 is 0 Å². The summed E-state index contributed by atoms with van der Waals surface area (Å²) < 4.78 is 30.3. The fraction of sp³-hybridized carbons (Fsp3) is 0.423. The van der Waals surface area contributed by atoms with Crippen molar-refractivity contribution in [2.75, 3.05) is 48.5 Å². The predicted molar refractivity (Wildman–Crippen MR) is 137 cm³/mol. The number of rotatable bonds is 7. The molecule has 3 heterocycles. The van der Waals surface area contributed by atoms with Crippen LogP contribution in [0.1, 0.15) is 17.0 Å². The molecule has 1 N–H and O–H groups in total. The SMILES string of the molecule is Cc1nn(CC(O)CN2CCN(c3ccccc3)CC2)c(C)c1S(=O)(=O)N1CCc2ccccc21. The fourth-order valence-electron chi connectivity index (χ4n) is 5.28. The van der Waals surface area contributed by atoms with Gasteiger partial charge in [0.05, 0.1) is 29.7 Å². The number of hydrogen-bond acceptors (Lipinski definition) is 6. The summed E-state index contributed by atoms with van der Waals surface area (Å²) in [7, 11) is -3.74. The van der Waals surface area contributed by atoms with Crippen LogP contribution in [-0.2, 0) is 23.0 Å². The zero-order valence-electron chi connectivity index (χ0n) is 20.3. The standard InChI is InChI=1S/C26H33N5O3S/c1-20-26(35(33,34)31-13-12-22-8-6-7-11-25(22)31)21(2)30(27-20)19-24(32)18-28-14-16-29(17-15-28)23-9-4-3-5-10-23/h3-11,24,32H,12-19H2,1-2H3. The molecule has 0 spiro atoms. The van der Waals surface area contributed by atoms with Crippen molar-refractivity contribution in [2.24, 2.45) is 0 Å². The largest absolute Gasteiger partial charge is 0.390 e. The zero-order valence-corrected chi connectivity index (χ0v) is 21.2. The molecule has 1 saturated heterocycles. The van der Waals surface area contributed by atoms with Crippen molar-refractivity contribution in [2.45, 2.75) is 37.8 Å². The van der Waals surface area contributed by atoms with Gasteiger partial charge in [-0.1, -0.05) is 36.4 Å². The zero-order chi connectivity index (χ0) is 24.6. The van der Waals surface area contributed by atoms with Gasteiger partial charge in [0, 0.05) is 45.0 Å². The number of aromatic nitrogens is 2. The maximum absolute atomic E-state index is 13.6. The summed E-state index contributed by atoms with van der Waals surface area (Å²) in [5.41, 5.74) is 4.05. The number of anilines is 2. The van der Waals surface area contributed by atoms with E-state index < -0.39 is 16.1 Å². The van der Waals surface area contributed by atoms with E-state index >= 15 is 0 Å². The summed E-state index contributed by atoms with van der Waals surface area (Å²) in [6.45, 7) is 8.30. The number of fused-ring (bicyclic) bond motifs is 1. The lowest BCUT2D eigenvalue weighted by Gasteiger charge is -2.36. The van der Waals surface area contributed by atoms with Crippen LogP contribution in [0, 0.1) is 13.8 Å². The summed E-state index contributed by atoms with van der Waals surface area (Å²) in [5, 5.41) is 15.3. The van der Waals surface area contributed by atoms with E-state index in [9.17, 15) is 13.5 Å². The van der Waals surface area contributed by atoms with Crippen molar-refractivity contribution in [1.29, 1.82) is 0 Å². The van der Waals surface area contributed by atoms with E-state index in [0.717, 1.165) is 37.4 Å². The Bertz CT molecular complexity index is 1280. The highest BCUT2D eigenvalue weighted by atomic mass is 32.2. The molecule has 5 rings (SSSR count). The molecule has 1 aromatic heterocycles. The van der Waals surface area contributed by atoms with E-state index in [0.29, 0.717) is 30.9 Å². The van der Waals surface area contributed by atoms with Gasteiger partial charge in [0.15, 0.2) is 0 Å². The van der Waals surface area contributed by atoms with Gasteiger partial charge in [0.25, 0.3) is 10.0 Å². The number of hydrogen-bond donors (Lipinski definition) is 1. The summed E-state index contributed by atoms with van der Waals surface area (Å²) in [6, 6.07) is 18.0. The van der Waals surface area contributed by atoms with E-state index in [1.807, 2.05) is 30.3 Å². The van der Waals surface area contributed by atoms with Crippen molar-refractivity contribution in [1.82, 2.24) is 14.7 Å². The molecule has 8 nitrogen and oxygen atoms in total. The number of sulfonamides is 1. The molecule has 186 valence electrons. The number of para-hydroxylation sites is 2. The van der Waals surface area contributed by atoms with Crippen LogP contribution in [0.4, 0.5) is 11.4 Å². The maximum atomic E-state index is 13.6. The van der Waals surface area contributed by atoms with Crippen molar-refractivity contribution in [3.05, 3.63) is 71.5 Å². The average Bonchev–Trinajstić information content (AvgIpc) is 3.41. The first kappa shape index (κ1) is 23.8. The van der Waals surface area contributed by atoms with Crippen molar-refractivity contribution < 1.29 is 13.5 Å². The van der Waals surface area contributed by atoms with Crippen molar-refractivity contribution in [3.8, 4) is 0 Å². The summed E-state index contributed by atoms with van der Waals surface area (Å²) in [4.78, 5) is 4.87. The molecule has 1 fully saturated rings. The van der Waals surface area contributed by atoms with E-state index in [2.05, 4.69) is 39.2 Å². The minimum Gasteiger partial charge on any atom is -0.390 e. The monoisotopic (exact) mass is 495 g/mol. The molecule has 2 aliphatic heterocycles. The molecule has 2 aromatic carbocycles. The highest BCUT2D eigenvalue weighted by molar-refractivity contribution is 7.93. The fourth-order valence-corrected chi connectivity index (χ4v) is 7.16. The van der Waals surface area contributed by atoms with Gasteiger partial charge in [-0.3, -0.25) is 13.9 Å². The molecule has 2 aliphatic rings. The second-order valence-electron chi connectivity index (χ2n) is 9.41. The van der Waals surface area contributed by atoms with Gasteiger partial charge in [0.1, 0.15) is 4.90 Å². The lowest BCUT2D eigenvalue weighted by Crippen LogP contribution is -2.49. The van der Waals surface area contributed by atoms with Crippen LogP contribution in [0.2, 0.25) is 0 Å². The van der Waals surface area contributed by atoms with Crippen LogP contribution in [0.5, 0.6) is 0 Å². The third-order valence-corrected chi connectivity index (χ3v) is 9.12. The minimum atomic E-state index is -3.74. The number of piperazine rings is 1. The molecule has 0 aliphatic carbocycles. The minimum absolute atomic E-state index is 0.248. The van der Waals surface area contributed by atoms with Gasteiger partial charge < -0.3 is 10.0 Å². The smallest absolute Gasteiger partial charge is 0.268 e. The van der Waals surface area contributed by atoms with Gasteiger partial charge in [-0.15, -0.1) is 0 Å². The van der Waals surface area contributed by atoms with Crippen LogP contribution in [-0.4, -0.2) is 73.6 Å². The number of aliphatic hydroxyl groups is 1. The van der Waals surface area contributed by atoms with E-state index in [-0.39, 0.29) is 11.4 Å². The number of nitrogens with zero attached hydrogens (tertiary/aromatic N) is 5. The van der Waals surface area contributed by atoms with Crippen LogP contribution < -0.4 is 9.21 Å². The molecule has 9 heteroatoms. The molecule has 0 amide bonds. The lowest BCUT2D eigenvalue weighted by atomic mass is 10.2. The van der Waals surface area contributed by atoms with Gasteiger partial charge in [0.2, 0.25) is 0 Å². The molecular weight excluding hydrogens is 462 g/mol. The Hall–Kier alpha value is -2.88. The van der Waals surface area contributed by atoms with E-state index in [4.69, 9.17) is 0 Å². The number of β-amino-alcohol motifs (C(OH)–C–C–N with tert-alkyl or cyclic N) is 1. The lowest BCUT2D eigenvalue weighted by molar-refractivity contribution is 0.0914. The van der Waals surface area contributed by atoms with Gasteiger partial charge in [-0.25, -0.2) is 8.42 Å². The first-order valence-corrected chi connectivity index (χ1v) is 13.6. The molecule has 1 atom stereocenters. The topological polar surface area (TPSA) is 81.9 Å². The summed E-state index contributed by atoms with van der Waals surface area (Å²) in [6.07, 6.45) is 0.0667. The van der Waals surface area contributed by atoms with Gasteiger partial charge in [-0.05, 0) is 44.0 Å². The number of aryl methyl sites for hydroxylation is 1. The van der Waals surface area contributed by atoms with Crippen LogP contribution in [0.3, 0.4) is 0 Å².